The predicted molar refractivity (Wildman–Crippen MR) is 209 cm³/mol. The van der Waals surface area contributed by atoms with Crippen molar-refractivity contribution in [3.8, 4) is 22.6 Å². The van der Waals surface area contributed by atoms with Gasteiger partial charge in [0.25, 0.3) is 0 Å². The first-order valence-electron chi connectivity index (χ1n) is 17.5. The van der Waals surface area contributed by atoms with Crippen molar-refractivity contribution in [2.45, 2.75) is 11.6 Å². The van der Waals surface area contributed by atoms with Crippen LogP contribution in [-0.4, -0.2) is 24.1 Å². The van der Waals surface area contributed by atoms with Crippen molar-refractivity contribution in [2.75, 3.05) is 0 Å². The zero-order valence-electron chi connectivity index (χ0n) is 27.9. The molecule has 6 aromatic rings. The lowest BCUT2D eigenvalue weighted by Gasteiger charge is -2.39. The molecular formula is C46H29N5O. The predicted octanol–water partition coefficient (Wildman–Crippen LogP) is 9.50. The van der Waals surface area contributed by atoms with Gasteiger partial charge in [0.1, 0.15) is 23.2 Å². The normalized spacial score (nSPS) is 16.8. The summed E-state index contributed by atoms with van der Waals surface area (Å²) < 4.78 is 6.56. The Labute approximate surface area is 300 Å². The Morgan fingerprint density at radius 3 is 1.50 bits per heavy atom. The molecule has 1 aliphatic carbocycles. The molecule has 0 saturated carbocycles. The molecule has 4 heterocycles. The first-order chi connectivity index (χ1) is 25.7. The lowest BCUT2D eigenvalue weighted by Crippen LogP contribution is -2.36. The van der Waals surface area contributed by atoms with Gasteiger partial charge in [-0.3, -0.25) is 9.98 Å². The van der Waals surface area contributed by atoms with E-state index in [1.165, 1.54) is 22.3 Å². The number of fused-ring (bicyclic) bond motifs is 9. The van der Waals surface area contributed by atoms with Crippen LogP contribution < -0.4 is 10.1 Å². The molecule has 6 aromatic carbocycles. The Morgan fingerprint density at radius 1 is 0.481 bits per heavy atom. The molecule has 1 spiro atoms. The average molecular weight is 668 g/mol. The molecule has 5 aliphatic rings. The number of nitrogens with one attached hydrogen (secondary N) is 1. The number of nitrogens with zero attached hydrogens (tertiary/aromatic N) is 4. The largest absolute Gasteiger partial charge is 0.457 e. The van der Waals surface area contributed by atoms with Crippen LogP contribution in [0.25, 0.3) is 22.5 Å². The third-order valence-corrected chi connectivity index (χ3v) is 10.7. The topological polar surface area (TPSA) is 70.7 Å². The molecular weight excluding hydrogens is 639 g/mol. The van der Waals surface area contributed by atoms with E-state index in [2.05, 4.69) is 143 Å². The lowest BCUT2D eigenvalue weighted by molar-refractivity contribution is 0.436. The molecule has 0 amide bonds. The van der Waals surface area contributed by atoms with Crippen molar-refractivity contribution >= 4 is 35.5 Å². The fourth-order valence-electron chi connectivity index (χ4n) is 8.16. The highest BCUT2D eigenvalue weighted by Gasteiger charge is 2.51. The van der Waals surface area contributed by atoms with Gasteiger partial charge in [0.2, 0.25) is 0 Å². The number of benzene rings is 6. The molecule has 0 bridgehead atoms. The van der Waals surface area contributed by atoms with Gasteiger partial charge in [0.05, 0.1) is 16.8 Å². The quantitative estimate of drug-likeness (QED) is 0.199. The van der Waals surface area contributed by atoms with Crippen LogP contribution >= 0.6 is 0 Å². The molecule has 0 fully saturated rings. The molecule has 0 radical (unpaired) electrons. The van der Waals surface area contributed by atoms with Crippen molar-refractivity contribution in [2.24, 2.45) is 20.0 Å². The highest BCUT2D eigenvalue weighted by molar-refractivity contribution is 6.16. The third kappa shape index (κ3) is 4.18. The maximum absolute atomic E-state index is 6.56. The minimum Gasteiger partial charge on any atom is -0.457 e. The maximum atomic E-state index is 6.56. The Hall–Kier alpha value is -6.92. The molecule has 0 saturated heterocycles. The summed E-state index contributed by atoms with van der Waals surface area (Å²) in [5.74, 6) is 3.28. The summed E-state index contributed by atoms with van der Waals surface area (Å²) in [7, 11) is 0. The molecule has 244 valence electrons. The second-order valence-corrected chi connectivity index (χ2v) is 13.5. The van der Waals surface area contributed by atoms with Crippen LogP contribution in [-0.2, 0) is 5.41 Å². The van der Waals surface area contributed by atoms with Crippen LogP contribution in [0.2, 0.25) is 0 Å². The SMILES string of the molecule is C1=NC(c2ccc(C3=NC(c4ccc5c(c4)C4(c6ccccc6Oc6ccccc64)c4ccccc4-5)N=C(c4ccc(C5=CC=N5)cc4)N3)cc2)=C1. The fourth-order valence-corrected chi connectivity index (χ4v) is 8.16. The zero-order valence-corrected chi connectivity index (χ0v) is 27.9. The van der Waals surface area contributed by atoms with Crippen LogP contribution in [0.15, 0.2) is 172 Å². The zero-order chi connectivity index (χ0) is 34.2. The van der Waals surface area contributed by atoms with Gasteiger partial charge in [-0.2, -0.15) is 0 Å². The van der Waals surface area contributed by atoms with Crippen molar-refractivity contribution in [3.63, 3.8) is 0 Å². The second-order valence-electron chi connectivity index (χ2n) is 13.5. The standard InChI is InChI=1S/C46H29N5O/c1-2-8-35-33(7-1)34-22-21-32(27-38(34)46(35)36-9-3-5-11-41(36)52-42-12-6-4-10-37(42)46)45-50-43(30-17-13-28(14-18-30)39-23-25-47-39)49-44(51-45)31-19-15-29(16-20-31)40-24-26-48-40/h1-27,45H,(H,49,50,51). The average Bonchev–Trinajstić information content (AvgIpc) is 3.44. The molecule has 1 N–H and O–H groups in total. The fraction of sp³-hybridized carbons (Fsp3) is 0.0435. The molecule has 0 unspecified atom stereocenters. The van der Waals surface area contributed by atoms with Gasteiger partial charge in [0.15, 0.2) is 6.17 Å². The van der Waals surface area contributed by atoms with Crippen molar-refractivity contribution in [1.29, 1.82) is 0 Å². The Morgan fingerprint density at radius 2 is 0.962 bits per heavy atom. The van der Waals surface area contributed by atoms with Gasteiger partial charge in [0, 0.05) is 45.8 Å². The van der Waals surface area contributed by atoms with E-state index >= 15 is 0 Å². The highest BCUT2D eigenvalue weighted by atomic mass is 16.5. The van der Waals surface area contributed by atoms with Gasteiger partial charge in [-0.25, -0.2) is 9.98 Å². The second kappa shape index (κ2) is 11.0. The summed E-state index contributed by atoms with van der Waals surface area (Å²) >= 11 is 0. The number of rotatable bonds is 5. The van der Waals surface area contributed by atoms with E-state index in [0.717, 1.165) is 73.5 Å². The minimum atomic E-state index is -0.567. The van der Waals surface area contributed by atoms with E-state index in [1.807, 2.05) is 36.7 Å². The summed E-state index contributed by atoms with van der Waals surface area (Å²) in [5, 5.41) is 3.58. The summed E-state index contributed by atoms with van der Waals surface area (Å²) in [6.45, 7) is 0. The van der Waals surface area contributed by atoms with Gasteiger partial charge in [-0.1, -0.05) is 121 Å². The van der Waals surface area contributed by atoms with Gasteiger partial charge in [-0.05, 0) is 58.2 Å². The molecule has 0 aromatic heterocycles. The molecule has 11 rings (SSSR count). The van der Waals surface area contributed by atoms with Crippen molar-refractivity contribution < 1.29 is 4.74 Å². The van der Waals surface area contributed by atoms with E-state index < -0.39 is 11.6 Å². The van der Waals surface area contributed by atoms with Crippen LogP contribution in [0.3, 0.4) is 0 Å². The Balaban J connectivity index is 1.09. The number of amidine groups is 2. The smallest absolute Gasteiger partial charge is 0.169 e. The number of para-hydroxylation sites is 2. The van der Waals surface area contributed by atoms with Crippen LogP contribution in [0.4, 0.5) is 0 Å². The number of ether oxygens (including phenoxy) is 1. The number of hydrogen-bond donors (Lipinski definition) is 1. The van der Waals surface area contributed by atoms with Crippen LogP contribution in [0.1, 0.15) is 56.2 Å². The van der Waals surface area contributed by atoms with E-state index in [9.17, 15) is 0 Å². The highest BCUT2D eigenvalue weighted by Crippen LogP contribution is 2.62. The first-order valence-corrected chi connectivity index (χ1v) is 17.5. The van der Waals surface area contributed by atoms with Crippen LogP contribution in [0.5, 0.6) is 11.5 Å². The summed E-state index contributed by atoms with van der Waals surface area (Å²) in [6.07, 6.45) is 7.20. The molecule has 4 aliphatic heterocycles. The van der Waals surface area contributed by atoms with Gasteiger partial charge >= 0.3 is 0 Å². The van der Waals surface area contributed by atoms with E-state index in [1.54, 1.807) is 0 Å². The molecule has 6 heteroatoms. The van der Waals surface area contributed by atoms with E-state index in [0.29, 0.717) is 0 Å². The summed E-state index contributed by atoms with van der Waals surface area (Å²) in [6, 6.07) is 49.3. The third-order valence-electron chi connectivity index (χ3n) is 10.7. The summed E-state index contributed by atoms with van der Waals surface area (Å²) in [5.41, 5.74) is 13.7. The molecule has 52 heavy (non-hydrogen) atoms. The maximum Gasteiger partial charge on any atom is 0.169 e. The van der Waals surface area contributed by atoms with E-state index in [-0.39, 0.29) is 0 Å². The van der Waals surface area contributed by atoms with Gasteiger partial charge in [-0.15, -0.1) is 0 Å². The Kier molecular flexibility index (Phi) is 6.13. The number of allylic oxidation sites excluding steroid dienone is 2. The minimum absolute atomic E-state index is 0.486. The lowest BCUT2D eigenvalue weighted by atomic mass is 9.66. The number of hydrogen-bond acceptors (Lipinski definition) is 6. The summed E-state index contributed by atoms with van der Waals surface area (Å²) in [4.78, 5) is 19.3. The van der Waals surface area contributed by atoms with Crippen molar-refractivity contribution in [3.05, 3.63) is 202 Å². The van der Waals surface area contributed by atoms with E-state index in [4.69, 9.17) is 14.7 Å². The first kappa shape index (κ1) is 28.9. The van der Waals surface area contributed by atoms with Crippen LogP contribution in [0, 0.1) is 0 Å². The van der Waals surface area contributed by atoms with Crippen molar-refractivity contribution in [1.82, 2.24) is 5.32 Å². The number of aliphatic imine (C=N–C) groups is 4. The molecule has 6 nitrogen and oxygen atoms in total. The Bertz CT molecular complexity index is 2540. The molecule has 0 atom stereocenters. The van der Waals surface area contributed by atoms with Gasteiger partial charge < -0.3 is 10.1 Å². The monoisotopic (exact) mass is 667 g/mol.